The molecule has 24 heavy (non-hydrogen) atoms. The molecule has 1 aliphatic rings. The van der Waals surface area contributed by atoms with Crippen LogP contribution in [0.1, 0.15) is 17.0 Å². The second kappa shape index (κ2) is 6.11. The molecule has 3 heterocycles. The lowest BCUT2D eigenvalue weighted by Crippen LogP contribution is -2.28. The highest BCUT2D eigenvalue weighted by Crippen LogP contribution is 2.21. The van der Waals surface area contributed by atoms with Crippen LogP contribution in [-0.4, -0.2) is 27.5 Å². The minimum absolute atomic E-state index is 0.0563. The van der Waals surface area contributed by atoms with Crippen molar-refractivity contribution in [1.29, 1.82) is 0 Å². The zero-order valence-electron chi connectivity index (χ0n) is 13.5. The van der Waals surface area contributed by atoms with E-state index in [0.717, 1.165) is 34.7 Å². The number of fused-ring (bicyclic) bond motifs is 2. The number of hydrogen-bond acceptors (Lipinski definition) is 4. The van der Waals surface area contributed by atoms with E-state index >= 15 is 0 Å². The van der Waals surface area contributed by atoms with Crippen LogP contribution in [0.25, 0.3) is 10.2 Å². The maximum atomic E-state index is 13.9. The van der Waals surface area contributed by atoms with Gasteiger partial charge in [-0.2, -0.15) is 0 Å². The fourth-order valence-corrected chi connectivity index (χ4v) is 4.15. The quantitative estimate of drug-likeness (QED) is 0.718. The molecule has 0 unspecified atom stereocenters. The van der Waals surface area contributed by atoms with Gasteiger partial charge in [-0.15, -0.1) is 11.3 Å². The van der Waals surface area contributed by atoms with Crippen molar-refractivity contribution in [2.75, 3.05) is 13.1 Å². The summed E-state index contributed by atoms with van der Waals surface area (Å²) in [6.07, 6.45) is 0.703. The smallest absolute Gasteiger partial charge is 0.271 e. The van der Waals surface area contributed by atoms with E-state index in [1.54, 1.807) is 10.6 Å². The van der Waals surface area contributed by atoms with Crippen molar-refractivity contribution in [2.24, 2.45) is 0 Å². The van der Waals surface area contributed by atoms with Gasteiger partial charge in [-0.05, 0) is 23.9 Å². The van der Waals surface area contributed by atoms with Crippen LogP contribution in [0.15, 0.2) is 34.4 Å². The monoisotopic (exact) mass is 343 g/mol. The Bertz CT molecular complexity index is 963. The van der Waals surface area contributed by atoms with Crippen molar-refractivity contribution < 1.29 is 4.39 Å². The first-order chi connectivity index (χ1) is 11.6. The third-order valence-corrected chi connectivity index (χ3v) is 5.65. The van der Waals surface area contributed by atoms with Gasteiger partial charge >= 0.3 is 0 Å². The predicted molar refractivity (Wildman–Crippen MR) is 94.0 cm³/mol. The SMILES string of the molecule is Cc1csc2c(=O)n3c(nc12)CCN(Cc1ccccc1F)CC3. The minimum Gasteiger partial charge on any atom is -0.297 e. The molecule has 4 nitrogen and oxygen atoms in total. The summed E-state index contributed by atoms with van der Waals surface area (Å²) in [6.45, 7) is 4.64. The van der Waals surface area contributed by atoms with E-state index in [1.807, 2.05) is 24.4 Å². The predicted octanol–water partition coefficient (Wildman–Crippen LogP) is 2.96. The molecule has 0 atom stereocenters. The number of hydrogen-bond donors (Lipinski definition) is 0. The average molecular weight is 343 g/mol. The molecule has 0 bridgehead atoms. The molecule has 1 aliphatic heterocycles. The molecule has 0 fully saturated rings. The summed E-state index contributed by atoms with van der Waals surface area (Å²) in [5.74, 6) is 0.663. The Morgan fingerprint density at radius 2 is 2.08 bits per heavy atom. The molecule has 0 radical (unpaired) electrons. The highest BCUT2D eigenvalue weighted by Gasteiger charge is 2.19. The number of nitrogens with zero attached hydrogens (tertiary/aromatic N) is 3. The van der Waals surface area contributed by atoms with Crippen LogP contribution in [0.5, 0.6) is 0 Å². The largest absolute Gasteiger partial charge is 0.297 e. The Labute approximate surface area is 143 Å². The van der Waals surface area contributed by atoms with Gasteiger partial charge in [0.1, 0.15) is 16.3 Å². The van der Waals surface area contributed by atoms with E-state index in [0.29, 0.717) is 25.1 Å². The topological polar surface area (TPSA) is 38.1 Å². The molecule has 6 heteroatoms. The summed E-state index contributed by atoms with van der Waals surface area (Å²) in [5.41, 5.74) is 2.64. The molecule has 0 amide bonds. The maximum absolute atomic E-state index is 13.9. The zero-order valence-corrected chi connectivity index (χ0v) is 14.3. The number of halogens is 1. The van der Waals surface area contributed by atoms with Gasteiger partial charge in [0.25, 0.3) is 5.56 Å². The van der Waals surface area contributed by atoms with Gasteiger partial charge in [-0.25, -0.2) is 9.37 Å². The summed E-state index contributed by atoms with van der Waals surface area (Å²) in [7, 11) is 0. The van der Waals surface area contributed by atoms with Gasteiger partial charge < -0.3 is 0 Å². The van der Waals surface area contributed by atoms with E-state index in [9.17, 15) is 9.18 Å². The van der Waals surface area contributed by atoms with Crippen LogP contribution in [0, 0.1) is 12.7 Å². The lowest BCUT2D eigenvalue weighted by Gasteiger charge is -2.19. The number of aryl methyl sites for hydroxylation is 1. The second-order valence-electron chi connectivity index (χ2n) is 6.20. The molecule has 1 aromatic carbocycles. The normalized spacial score (nSPS) is 15.4. The van der Waals surface area contributed by atoms with E-state index in [1.165, 1.54) is 17.4 Å². The van der Waals surface area contributed by atoms with Gasteiger partial charge in [0.15, 0.2) is 0 Å². The molecule has 2 aromatic heterocycles. The summed E-state index contributed by atoms with van der Waals surface area (Å²) in [6, 6.07) is 6.87. The van der Waals surface area contributed by atoms with Gasteiger partial charge in [0.05, 0.1) is 5.52 Å². The van der Waals surface area contributed by atoms with Gasteiger partial charge in [0.2, 0.25) is 0 Å². The highest BCUT2D eigenvalue weighted by molar-refractivity contribution is 7.17. The third-order valence-electron chi connectivity index (χ3n) is 4.58. The fraction of sp³-hybridized carbons (Fsp3) is 0.333. The number of rotatable bonds is 2. The Kier molecular flexibility index (Phi) is 3.94. The zero-order chi connectivity index (χ0) is 16.7. The third kappa shape index (κ3) is 2.65. The van der Waals surface area contributed by atoms with Crippen molar-refractivity contribution in [3.05, 3.63) is 62.8 Å². The average Bonchev–Trinajstić information content (AvgIpc) is 2.82. The summed E-state index contributed by atoms with van der Waals surface area (Å²) in [5, 5.41) is 1.99. The lowest BCUT2D eigenvalue weighted by atomic mass is 10.2. The minimum atomic E-state index is -0.175. The van der Waals surface area contributed by atoms with Crippen LogP contribution < -0.4 is 5.56 Å². The Morgan fingerprint density at radius 3 is 2.92 bits per heavy atom. The van der Waals surface area contributed by atoms with E-state index in [4.69, 9.17) is 4.98 Å². The van der Waals surface area contributed by atoms with E-state index in [2.05, 4.69) is 4.90 Å². The van der Waals surface area contributed by atoms with Gasteiger partial charge in [0, 0.05) is 38.2 Å². The van der Waals surface area contributed by atoms with Crippen molar-refractivity contribution in [1.82, 2.24) is 14.5 Å². The first-order valence-electron chi connectivity index (χ1n) is 8.07. The van der Waals surface area contributed by atoms with Crippen molar-refractivity contribution in [3.63, 3.8) is 0 Å². The molecule has 124 valence electrons. The molecule has 0 aliphatic carbocycles. The summed E-state index contributed by atoms with van der Waals surface area (Å²) in [4.78, 5) is 19.6. The Hall–Kier alpha value is -2.05. The second-order valence-corrected chi connectivity index (χ2v) is 7.08. The van der Waals surface area contributed by atoms with Crippen LogP contribution in [0.3, 0.4) is 0 Å². The molecule has 3 aromatic rings. The Balaban J connectivity index is 1.62. The van der Waals surface area contributed by atoms with Crippen LogP contribution in [0.4, 0.5) is 4.39 Å². The summed E-state index contributed by atoms with van der Waals surface area (Å²) >= 11 is 1.47. The van der Waals surface area contributed by atoms with Crippen LogP contribution in [-0.2, 0) is 19.5 Å². The molecule has 0 spiro atoms. The highest BCUT2D eigenvalue weighted by atomic mass is 32.1. The molecule has 0 saturated heterocycles. The van der Waals surface area contributed by atoms with Crippen molar-refractivity contribution in [2.45, 2.75) is 26.4 Å². The summed E-state index contributed by atoms with van der Waals surface area (Å²) < 4.78 is 16.4. The van der Waals surface area contributed by atoms with Gasteiger partial charge in [-0.3, -0.25) is 14.3 Å². The molecular formula is C18H18FN3OS. The van der Waals surface area contributed by atoms with Crippen LogP contribution in [0.2, 0.25) is 0 Å². The molecule has 0 saturated carbocycles. The van der Waals surface area contributed by atoms with Crippen LogP contribution >= 0.6 is 11.3 Å². The maximum Gasteiger partial charge on any atom is 0.271 e. The Morgan fingerprint density at radius 1 is 1.25 bits per heavy atom. The number of aromatic nitrogens is 2. The first kappa shape index (κ1) is 15.5. The first-order valence-corrected chi connectivity index (χ1v) is 8.95. The molecule has 4 rings (SSSR count). The lowest BCUT2D eigenvalue weighted by molar-refractivity contribution is 0.267. The van der Waals surface area contributed by atoms with E-state index in [-0.39, 0.29) is 11.4 Å². The van der Waals surface area contributed by atoms with E-state index < -0.39 is 0 Å². The van der Waals surface area contributed by atoms with Gasteiger partial charge in [-0.1, -0.05) is 18.2 Å². The number of benzene rings is 1. The number of thiophene rings is 1. The fourth-order valence-electron chi connectivity index (χ4n) is 3.22. The molecular weight excluding hydrogens is 325 g/mol. The molecule has 0 N–H and O–H groups in total. The standard InChI is InChI=1S/C18H18FN3OS/c1-12-11-24-17-16(12)20-15-6-7-21(8-9-22(15)18(17)23)10-13-4-2-3-5-14(13)19/h2-5,11H,6-10H2,1H3. The van der Waals surface area contributed by atoms with Crippen molar-refractivity contribution >= 4 is 21.6 Å². The van der Waals surface area contributed by atoms with Crippen molar-refractivity contribution in [3.8, 4) is 0 Å².